The Morgan fingerprint density at radius 2 is 1.66 bits per heavy atom. The number of nitrogens with one attached hydrogen (secondary N) is 2. The van der Waals surface area contributed by atoms with Gasteiger partial charge in [0.1, 0.15) is 17.6 Å². The molecule has 1 heterocycles. The number of benzene rings is 3. The third-order valence-corrected chi connectivity index (χ3v) is 5.69. The first-order valence-corrected chi connectivity index (χ1v) is 11.0. The van der Waals surface area contributed by atoms with Gasteiger partial charge in [-0.3, -0.25) is 24.7 Å². The molecule has 1 fully saturated rings. The largest absolute Gasteiger partial charge is 0.497 e. The number of hydrogen-bond acceptors (Lipinski definition) is 5. The molecule has 2 N–H and O–H groups in total. The van der Waals surface area contributed by atoms with Gasteiger partial charge in [0.2, 0.25) is 11.0 Å². The maximum atomic E-state index is 13.4. The minimum absolute atomic E-state index is 0.0341. The molecule has 178 valence electrons. The van der Waals surface area contributed by atoms with Crippen molar-refractivity contribution in [3.8, 4) is 5.75 Å². The number of halogens is 1. The standard InChI is InChI=1S/C25H21FN4O4S/c1-34-20-13-9-18(10-14-20)27-22(31)15-21-24(33)29(19-11-7-17(26)8-12-19)25(35)30(21)28-23(32)16-5-3-2-4-6-16/h2-14,21H,15H2,1H3,(H,27,31)(H,28,32)/t21-/m0/s1. The number of thiocarbonyl (C=S) groups is 1. The summed E-state index contributed by atoms with van der Waals surface area (Å²) in [6.07, 6.45) is -0.294. The highest BCUT2D eigenvalue weighted by Gasteiger charge is 2.45. The van der Waals surface area contributed by atoms with Crippen molar-refractivity contribution < 1.29 is 23.5 Å². The molecule has 0 saturated carbocycles. The van der Waals surface area contributed by atoms with Gasteiger partial charge in [0, 0.05) is 11.3 Å². The molecule has 8 nitrogen and oxygen atoms in total. The lowest BCUT2D eigenvalue weighted by Gasteiger charge is -2.24. The zero-order valence-electron chi connectivity index (χ0n) is 18.6. The van der Waals surface area contributed by atoms with Crippen LogP contribution in [0.5, 0.6) is 5.75 Å². The summed E-state index contributed by atoms with van der Waals surface area (Å²) in [7, 11) is 1.54. The SMILES string of the molecule is COc1ccc(NC(=O)C[C@H]2C(=O)N(c3ccc(F)cc3)C(=S)N2NC(=O)c2ccccc2)cc1. The minimum atomic E-state index is -1.11. The van der Waals surface area contributed by atoms with Crippen LogP contribution in [-0.4, -0.2) is 41.0 Å². The van der Waals surface area contributed by atoms with Crippen LogP contribution in [-0.2, 0) is 9.59 Å². The second-order valence-corrected chi connectivity index (χ2v) is 7.97. The smallest absolute Gasteiger partial charge is 0.269 e. The van der Waals surface area contributed by atoms with E-state index in [9.17, 15) is 18.8 Å². The molecule has 0 aromatic heterocycles. The number of amides is 3. The number of ether oxygens (including phenoxy) is 1. The maximum Gasteiger partial charge on any atom is 0.269 e. The van der Waals surface area contributed by atoms with Gasteiger partial charge in [-0.2, -0.15) is 0 Å². The lowest BCUT2D eigenvalue weighted by molar-refractivity contribution is -0.124. The van der Waals surface area contributed by atoms with Crippen LogP contribution >= 0.6 is 12.2 Å². The van der Waals surface area contributed by atoms with Crippen LogP contribution in [0.4, 0.5) is 15.8 Å². The fourth-order valence-corrected chi connectivity index (χ4v) is 3.92. The Bertz CT molecular complexity index is 1250. The average molecular weight is 493 g/mol. The van der Waals surface area contributed by atoms with Gasteiger partial charge in [-0.25, -0.2) is 9.40 Å². The molecule has 0 unspecified atom stereocenters. The van der Waals surface area contributed by atoms with Crippen molar-refractivity contribution in [1.82, 2.24) is 10.4 Å². The van der Waals surface area contributed by atoms with Crippen molar-refractivity contribution >= 4 is 46.4 Å². The fraction of sp³-hybridized carbons (Fsp3) is 0.120. The van der Waals surface area contributed by atoms with Gasteiger partial charge in [0.15, 0.2) is 0 Å². The third kappa shape index (κ3) is 5.28. The predicted octanol–water partition coefficient (Wildman–Crippen LogP) is 3.51. The first kappa shape index (κ1) is 23.8. The van der Waals surface area contributed by atoms with Crippen LogP contribution in [0.2, 0.25) is 0 Å². The van der Waals surface area contributed by atoms with Crippen LogP contribution in [0.15, 0.2) is 78.9 Å². The van der Waals surface area contributed by atoms with E-state index < -0.39 is 29.6 Å². The van der Waals surface area contributed by atoms with Crippen LogP contribution in [0.1, 0.15) is 16.8 Å². The molecule has 0 spiro atoms. The molecule has 1 aliphatic heterocycles. The first-order valence-electron chi connectivity index (χ1n) is 10.6. The third-order valence-electron chi connectivity index (χ3n) is 5.31. The van der Waals surface area contributed by atoms with E-state index >= 15 is 0 Å². The van der Waals surface area contributed by atoms with E-state index in [1.807, 2.05) is 0 Å². The molecule has 1 atom stereocenters. The number of carbonyl (C=O) groups excluding carboxylic acids is 3. The van der Waals surface area contributed by atoms with E-state index in [-0.39, 0.29) is 11.5 Å². The summed E-state index contributed by atoms with van der Waals surface area (Å²) in [5, 5.41) is 3.89. The maximum absolute atomic E-state index is 13.4. The second kappa shape index (κ2) is 10.3. The lowest BCUT2D eigenvalue weighted by atomic mass is 10.1. The van der Waals surface area contributed by atoms with Gasteiger partial charge in [0.25, 0.3) is 11.8 Å². The normalized spacial score (nSPS) is 15.2. The summed E-state index contributed by atoms with van der Waals surface area (Å²) in [6, 6.07) is 19.2. The van der Waals surface area contributed by atoms with Gasteiger partial charge in [-0.1, -0.05) is 18.2 Å². The fourth-order valence-electron chi connectivity index (χ4n) is 3.55. The molecule has 3 aromatic rings. The Kier molecular flexibility index (Phi) is 7.02. The van der Waals surface area contributed by atoms with Gasteiger partial charge < -0.3 is 10.1 Å². The van der Waals surface area contributed by atoms with Gasteiger partial charge >= 0.3 is 0 Å². The van der Waals surface area contributed by atoms with Crippen LogP contribution < -0.4 is 20.4 Å². The quantitative estimate of drug-likeness (QED) is 0.491. The Morgan fingerprint density at radius 3 is 2.29 bits per heavy atom. The number of methoxy groups -OCH3 is 1. The van der Waals surface area contributed by atoms with Crippen LogP contribution in [0, 0.1) is 5.82 Å². The van der Waals surface area contributed by atoms with Crippen molar-refractivity contribution in [1.29, 1.82) is 0 Å². The second-order valence-electron chi connectivity index (χ2n) is 7.61. The molecule has 0 aliphatic carbocycles. The van der Waals surface area contributed by atoms with Crippen molar-refractivity contribution in [2.45, 2.75) is 12.5 Å². The van der Waals surface area contributed by atoms with E-state index in [4.69, 9.17) is 17.0 Å². The molecule has 0 bridgehead atoms. The summed E-state index contributed by atoms with van der Waals surface area (Å²) >= 11 is 5.49. The zero-order chi connectivity index (χ0) is 24.9. The van der Waals surface area contributed by atoms with Gasteiger partial charge in [-0.05, 0) is 72.9 Å². The van der Waals surface area contributed by atoms with Gasteiger partial charge in [-0.15, -0.1) is 0 Å². The van der Waals surface area contributed by atoms with Crippen molar-refractivity contribution in [2.75, 3.05) is 17.3 Å². The summed E-state index contributed by atoms with van der Waals surface area (Å²) in [5.41, 5.74) is 3.82. The summed E-state index contributed by atoms with van der Waals surface area (Å²) in [4.78, 5) is 40.2. The molecule has 10 heteroatoms. The van der Waals surface area contributed by atoms with E-state index in [1.165, 1.54) is 41.3 Å². The monoisotopic (exact) mass is 492 g/mol. The topological polar surface area (TPSA) is 91.0 Å². The van der Waals surface area contributed by atoms with Crippen molar-refractivity contribution in [3.63, 3.8) is 0 Å². The summed E-state index contributed by atoms with van der Waals surface area (Å²) in [6.45, 7) is 0. The van der Waals surface area contributed by atoms with Gasteiger partial charge in [0.05, 0.1) is 19.2 Å². The summed E-state index contributed by atoms with van der Waals surface area (Å²) in [5.74, 6) is -1.33. The Morgan fingerprint density at radius 1 is 1.00 bits per heavy atom. The Hall–Kier alpha value is -4.31. The van der Waals surface area contributed by atoms with Crippen molar-refractivity contribution in [3.05, 3.63) is 90.2 Å². The Labute approximate surface area is 206 Å². The summed E-state index contributed by atoms with van der Waals surface area (Å²) < 4.78 is 18.6. The molecular weight excluding hydrogens is 471 g/mol. The highest BCUT2D eigenvalue weighted by atomic mass is 32.1. The highest BCUT2D eigenvalue weighted by Crippen LogP contribution is 2.27. The molecular formula is C25H21FN4O4S. The average Bonchev–Trinajstić information content (AvgIpc) is 3.09. The van der Waals surface area contributed by atoms with E-state index in [0.29, 0.717) is 22.7 Å². The predicted molar refractivity (Wildman–Crippen MR) is 132 cm³/mol. The number of rotatable bonds is 7. The number of carbonyl (C=O) groups is 3. The number of anilines is 2. The molecule has 3 amide bonds. The minimum Gasteiger partial charge on any atom is -0.497 e. The highest BCUT2D eigenvalue weighted by molar-refractivity contribution is 7.80. The number of hydrazine groups is 1. The molecule has 0 radical (unpaired) electrons. The van der Waals surface area contributed by atoms with E-state index in [1.54, 1.807) is 54.6 Å². The number of nitrogens with zero attached hydrogens (tertiary/aromatic N) is 2. The van der Waals surface area contributed by atoms with Crippen molar-refractivity contribution in [2.24, 2.45) is 0 Å². The molecule has 1 aliphatic rings. The van der Waals surface area contributed by atoms with Crippen LogP contribution in [0.3, 0.4) is 0 Å². The molecule has 1 saturated heterocycles. The first-order chi connectivity index (χ1) is 16.9. The molecule has 3 aromatic carbocycles. The van der Waals surface area contributed by atoms with E-state index in [0.717, 1.165) is 0 Å². The lowest BCUT2D eigenvalue weighted by Crippen LogP contribution is -2.49. The number of hydrogen-bond donors (Lipinski definition) is 2. The van der Waals surface area contributed by atoms with Crippen LogP contribution in [0.25, 0.3) is 0 Å². The molecule has 35 heavy (non-hydrogen) atoms. The van der Waals surface area contributed by atoms with E-state index in [2.05, 4.69) is 10.7 Å². The molecule has 4 rings (SSSR count). The zero-order valence-corrected chi connectivity index (χ0v) is 19.4. The Balaban J connectivity index is 1.57.